The second-order valence-corrected chi connectivity index (χ2v) is 10.3. The summed E-state index contributed by atoms with van der Waals surface area (Å²) >= 11 is 0. The van der Waals surface area contributed by atoms with Crippen molar-refractivity contribution >= 4 is 32.5 Å². The van der Waals surface area contributed by atoms with Gasteiger partial charge in [0, 0.05) is 23.2 Å². The Balaban J connectivity index is 1.72. The van der Waals surface area contributed by atoms with Crippen molar-refractivity contribution in [1.29, 1.82) is 0 Å². The van der Waals surface area contributed by atoms with Crippen molar-refractivity contribution < 1.29 is 13.2 Å². The van der Waals surface area contributed by atoms with E-state index >= 15 is 0 Å². The number of aromatic nitrogens is 1. The maximum absolute atomic E-state index is 13.1. The lowest BCUT2D eigenvalue weighted by Gasteiger charge is -2.15. The van der Waals surface area contributed by atoms with Gasteiger partial charge in [0.1, 0.15) is 0 Å². The van der Waals surface area contributed by atoms with Gasteiger partial charge in [0.2, 0.25) is 5.91 Å². The fourth-order valence-corrected chi connectivity index (χ4v) is 5.34. The minimum Gasteiger partial charge on any atom is -0.326 e. The maximum Gasteiger partial charge on any atom is 0.268 e. The minimum atomic E-state index is -3.68. The van der Waals surface area contributed by atoms with Gasteiger partial charge in [0.25, 0.3) is 10.0 Å². The van der Waals surface area contributed by atoms with Crippen LogP contribution in [-0.2, 0) is 14.8 Å². The predicted octanol–water partition coefficient (Wildman–Crippen LogP) is 6.51. The van der Waals surface area contributed by atoms with Crippen LogP contribution in [0.3, 0.4) is 0 Å². The summed E-state index contributed by atoms with van der Waals surface area (Å²) in [5.41, 5.74) is 2.29. The number of hydrogen-bond donors (Lipinski definition) is 1. The van der Waals surface area contributed by atoms with E-state index in [1.807, 2.05) is 13.0 Å². The minimum absolute atomic E-state index is 0.00108. The summed E-state index contributed by atoms with van der Waals surface area (Å²) in [6.45, 7) is 6.17. The molecule has 1 N–H and O–H groups in total. The molecule has 0 aliphatic heterocycles. The number of carbonyl (C=O) groups is 1. The average Bonchev–Trinajstić information content (AvgIpc) is 3.20. The Hall–Kier alpha value is -2.60. The van der Waals surface area contributed by atoms with E-state index in [0.717, 1.165) is 30.2 Å². The van der Waals surface area contributed by atoms with Crippen molar-refractivity contribution in [3.8, 4) is 0 Å². The number of unbranched alkanes of at least 4 members (excludes halogenated alkanes) is 4. The van der Waals surface area contributed by atoms with Crippen LogP contribution in [0.1, 0.15) is 64.4 Å². The van der Waals surface area contributed by atoms with Crippen molar-refractivity contribution in [2.75, 3.05) is 5.32 Å². The molecule has 5 nitrogen and oxygen atoms in total. The molecule has 0 aliphatic rings. The van der Waals surface area contributed by atoms with Gasteiger partial charge in [-0.3, -0.25) is 4.79 Å². The van der Waals surface area contributed by atoms with Crippen LogP contribution in [0.25, 0.3) is 10.9 Å². The van der Waals surface area contributed by atoms with Crippen LogP contribution in [0.2, 0.25) is 0 Å². The number of aryl methyl sites for hydroxylation is 1. The van der Waals surface area contributed by atoms with Crippen LogP contribution in [-0.4, -0.2) is 18.3 Å². The van der Waals surface area contributed by atoms with E-state index in [2.05, 4.69) is 19.2 Å². The number of nitrogens with one attached hydrogen (secondary N) is 1. The van der Waals surface area contributed by atoms with Gasteiger partial charge in [-0.15, -0.1) is 0 Å². The number of hydrogen-bond acceptors (Lipinski definition) is 3. The quantitative estimate of drug-likeness (QED) is 0.336. The Morgan fingerprint density at radius 3 is 2.38 bits per heavy atom. The largest absolute Gasteiger partial charge is 0.326 e. The summed E-state index contributed by atoms with van der Waals surface area (Å²) in [5, 5.41) is 3.79. The van der Waals surface area contributed by atoms with Gasteiger partial charge in [-0.05, 0) is 56.2 Å². The summed E-state index contributed by atoms with van der Waals surface area (Å²) in [6.07, 6.45) is 9.23. The molecule has 3 aromatic rings. The van der Waals surface area contributed by atoms with Gasteiger partial charge in [-0.1, -0.05) is 63.6 Å². The fraction of sp³-hybridized carbons (Fsp3) is 0.423. The summed E-state index contributed by atoms with van der Waals surface area (Å²) in [6, 6.07) is 14.0. The molecule has 1 atom stereocenters. The van der Waals surface area contributed by atoms with Crippen molar-refractivity contribution in [3.05, 3.63) is 60.3 Å². The number of carbonyl (C=O) groups excluding carboxylic acids is 1. The molecule has 0 aliphatic carbocycles. The first-order valence-corrected chi connectivity index (χ1v) is 13.0. The standard InChI is InChI=1S/C26H34N2O3S/c1-4-6-7-8-9-10-21(5-2)26(29)27-23-13-16-25-22(19-23)17-18-28(25)32(30,31)24-14-11-20(3)12-15-24/h11-19,21H,4-10H2,1-3H3,(H,27,29). The molecule has 6 heteroatoms. The molecule has 3 rings (SSSR count). The van der Waals surface area contributed by atoms with E-state index in [1.165, 1.54) is 29.7 Å². The van der Waals surface area contributed by atoms with Gasteiger partial charge < -0.3 is 5.32 Å². The molecule has 0 radical (unpaired) electrons. The zero-order valence-corrected chi connectivity index (χ0v) is 20.1. The van der Waals surface area contributed by atoms with Gasteiger partial charge in [-0.2, -0.15) is 0 Å². The molecule has 1 unspecified atom stereocenters. The molecule has 1 amide bonds. The summed E-state index contributed by atoms with van der Waals surface area (Å²) < 4.78 is 27.4. The van der Waals surface area contributed by atoms with Crippen molar-refractivity contribution in [1.82, 2.24) is 3.97 Å². The van der Waals surface area contributed by atoms with E-state index in [9.17, 15) is 13.2 Å². The number of nitrogens with zero attached hydrogens (tertiary/aromatic N) is 1. The second kappa shape index (κ2) is 10.8. The molecule has 0 saturated carbocycles. The molecular formula is C26H34N2O3S. The molecule has 1 heterocycles. The third-order valence-corrected chi connectivity index (χ3v) is 7.72. The number of fused-ring (bicyclic) bond motifs is 1. The molecule has 2 aromatic carbocycles. The highest BCUT2D eigenvalue weighted by Crippen LogP contribution is 2.26. The predicted molar refractivity (Wildman–Crippen MR) is 131 cm³/mol. The van der Waals surface area contributed by atoms with Crippen LogP contribution in [0, 0.1) is 12.8 Å². The highest BCUT2D eigenvalue weighted by molar-refractivity contribution is 7.90. The van der Waals surface area contributed by atoms with Crippen LogP contribution in [0.15, 0.2) is 59.6 Å². The van der Waals surface area contributed by atoms with Crippen LogP contribution < -0.4 is 5.32 Å². The lowest BCUT2D eigenvalue weighted by Crippen LogP contribution is -2.22. The lowest BCUT2D eigenvalue weighted by atomic mass is 9.97. The Kier molecular flexibility index (Phi) is 8.13. The van der Waals surface area contributed by atoms with Gasteiger partial charge >= 0.3 is 0 Å². The highest BCUT2D eigenvalue weighted by atomic mass is 32.2. The summed E-state index contributed by atoms with van der Waals surface area (Å²) in [4.78, 5) is 13.0. The number of amides is 1. The lowest BCUT2D eigenvalue weighted by molar-refractivity contribution is -0.120. The number of rotatable bonds is 11. The van der Waals surface area contributed by atoms with Gasteiger partial charge in [0.15, 0.2) is 0 Å². The normalized spacial score (nSPS) is 12.7. The van der Waals surface area contributed by atoms with Crippen LogP contribution in [0.5, 0.6) is 0 Å². The van der Waals surface area contributed by atoms with Crippen molar-refractivity contribution in [2.24, 2.45) is 5.92 Å². The van der Waals surface area contributed by atoms with Crippen molar-refractivity contribution in [2.45, 2.75) is 70.6 Å². The number of anilines is 1. The second-order valence-electron chi connectivity index (χ2n) is 8.50. The zero-order valence-electron chi connectivity index (χ0n) is 19.3. The Bertz CT molecular complexity index is 1150. The SMILES string of the molecule is CCCCCCCC(CC)C(=O)Nc1ccc2c(ccn2S(=O)(=O)c2ccc(C)cc2)c1. The van der Waals surface area contributed by atoms with Crippen molar-refractivity contribution in [3.63, 3.8) is 0 Å². The van der Waals surface area contributed by atoms with Crippen LogP contribution >= 0.6 is 0 Å². The molecule has 0 fully saturated rings. The monoisotopic (exact) mass is 454 g/mol. The van der Waals surface area contributed by atoms with Gasteiger partial charge in [0.05, 0.1) is 10.4 Å². The first kappa shape index (κ1) is 24.1. The van der Waals surface area contributed by atoms with E-state index in [-0.39, 0.29) is 16.7 Å². The molecule has 32 heavy (non-hydrogen) atoms. The topological polar surface area (TPSA) is 68.2 Å². The summed E-state index contributed by atoms with van der Waals surface area (Å²) in [5.74, 6) is 0.0351. The zero-order chi connectivity index (χ0) is 23.1. The third kappa shape index (κ3) is 5.60. The summed E-state index contributed by atoms with van der Waals surface area (Å²) in [7, 11) is -3.68. The first-order chi connectivity index (χ1) is 15.4. The average molecular weight is 455 g/mol. The van der Waals surface area contributed by atoms with E-state index in [0.29, 0.717) is 11.2 Å². The van der Waals surface area contributed by atoms with E-state index < -0.39 is 10.0 Å². The first-order valence-electron chi connectivity index (χ1n) is 11.6. The Morgan fingerprint density at radius 2 is 1.69 bits per heavy atom. The fourth-order valence-electron chi connectivity index (χ4n) is 3.99. The molecular weight excluding hydrogens is 420 g/mol. The molecule has 0 bridgehead atoms. The number of benzene rings is 2. The molecule has 0 saturated heterocycles. The molecule has 0 spiro atoms. The maximum atomic E-state index is 13.1. The van der Waals surface area contributed by atoms with E-state index in [4.69, 9.17) is 0 Å². The highest BCUT2D eigenvalue weighted by Gasteiger charge is 2.20. The van der Waals surface area contributed by atoms with E-state index in [1.54, 1.807) is 48.7 Å². The third-order valence-electron chi connectivity index (χ3n) is 6.02. The molecule has 172 valence electrons. The smallest absolute Gasteiger partial charge is 0.268 e. The van der Waals surface area contributed by atoms with Crippen LogP contribution in [0.4, 0.5) is 5.69 Å². The van der Waals surface area contributed by atoms with Gasteiger partial charge in [-0.25, -0.2) is 12.4 Å². The Morgan fingerprint density at radius 1 is 0.969 bits per heavy atom. The Labute approximate surface area is 191 Å². The molecule has 1 aromatic heterocycles.